The molecule has 2 unspecified atom stereocenters. The number of sulfonamides is 1. The van der Waals surface area contributed by atoms with Gasteiger partial charge in [-0.3, -0.25) is 5.32 Å². The molecule has 0 radical (unpaired) electrons. The van der Waals surface area contributed by atoms with Gasteiger partial charge in [0.05, 0.1) is 28.5 Å². The molecule has 2 bridgehead atoms. The topological polar surface area (TPSA) is 109 Å². The van der Waals surface area contributed by atoms with Crippen LogP contribution < -0.4 is 20.3 Å². The summed E-state index contributed by atoms with van der Waals surface area (Å²) in [5, 5.41) is 10.8. The number of nitrogens with one attached hydrogen (secondary N) is 2. The molecule has 0 saturated carbocycles. The minimum absolute atomic E-state index is 0.00477. The summed E-state index contributed by atoms with van der Waals surface area (Å²) in [5.41, 5.74) is 5.52. The molecule has 4 heterocycles. The van der Waals surface area contributed by atoms with E-state index in [2.05, 4.69) is 48.4 Å². The standard InChI is InChI=1S/C38H46N6O4S/c1-25-6-12-29(13-7-25)43-36(24-35(41-43)38(2,3)4)40-37(45)39-28-10-8-26(9-11-28)20-27-21-30-14-15-31(22-27)44(30)49(46,47)32-16-17-33-34(23-32)48-19-18-42(33)5/h6-13,16-17,23-24,27,30-31H,14-15,18-22H2,1-5H3,(H2,39,40,45). The summed E-state index contributed by atoms with van der Waals surface area (Å²) in [6.07, 6.45) is 4.34. The predicted molar refractivity (Wildman–Crippen MR) is 194 cm³/mol. The molecule has 3 aliphatic heterocycles. The number of aryl methyl sites for hydroxylation is 1. The number of anilines is 3. The molecule has 4 aromatic rings. The van der Waals surface area contributed by atoms with Gasteiger partial charge in [0.25, 0.3) is 0 Å². The van der Waals surface area contributed by atoms with Gasteiger partial charge in [0.2, 0.25) is 10.0 Å². The van der Waals surface area contributed by atoms with Crippen LogP contribution in [-0.2, 0) is 21.9 Å². The molecule has 2 saturated heterocycles. The van der Waals surface area contributed by atoms with E-state index >= 15 is 0 Å². The Bertz CT molecular complexity index is 1940. The van der Waals surface area contributed by atoms with Crippen molar-refractivity contribution in [2.75, 3.05) is 35.7 Å². The fraction of sp³-hybridized carbons (Fsp3) is 0.421. The van der Waals surface area contributed by atoms with Crippen LogP contribution in [0.4, 0.5) is 22.0 Å². The van der Waals surface area contributed by atoms with Crippen LogP contribution in [0.5, 0.6) is 5.75 Å². The largest absolute Gasteiger partial charge is 0.490 e. The Hall–Kier alpha value is -4.35. The van der Waals surface area contributed by atoms with E-state index in [1.54, 1.807) is 21.1 Å². The third-order valence-corrected chi connectivity index (χ3v) is 12.1. The lowest BCUT2D eigenvalue weighted by Crippen LogP contribution is -2.46. The molecule has 2 N–H and O–H groups in total. The van der Waals surface area contributed by atoms with E-state index in [0.717, 1.165) is 61.3 Å². The summed E-state index contributed by atoms with van der Waals surface area (Å²) < 4.78 is 37.1. The van der Waals surface area contributed by atoms with Gasteiger partial charge in [-0.05, 0) is 86.9 Å². The first-order valence-electron chi connectivity index (χ1n) is 17.2. The van der Waals surface area contributed by atoms with Crippen LogP contribution in [-0.4, -0.2) is 60.8 Å². The van der Waals surface area contributed by atoms with Crippen molar-refractivity contribution in [1.82, 2.24) is 14.1 Å². The van der Waals surface area contributed by atoms with Crippen molar-refractivity contribution < 1.29 is 17.9 Å². The minimum atomic E-state index is -3.63. The van der Waals surface area contributed by atoms with Crippen LogP contribution in [0.2, 0.25) is 0 Å². The van der Waals surface area contributed by atoms with Crippen LogP contribution in [0.25, 0.3) is 5.69 Å². The Morgan fingerprint density at radius 3 is 2.31 bits per heavy atom. The number of fused-ring (bicyclic) bond motifs is 3. The van der Waals surface area contributed by atoms with Gasteiger partial charge in [-0.15, -0.1) is 0 Å². The van der Waals surface area contributed by atoms with Crippen LogP contribution in [0, 0.1) is 12.8 Å². The number of amides is 2. The van der Waals surface area contributed by atoms with E-state index < -0.39 is 10.0 Å². The summed E-state index contributed by atoms with van der Waals surface area (Å²) in [7, 11) is -1.63. The number of hydrogen-bond acceptors (Lipinski definition) is 6. The molecule has 258 valence electrons. The lowest BCUT2D eigenvalue weighted by Gasteiger charge is -2.38. The molecule has 0 spiro atoms. The van der Waals surface area contributed by atoms with Crippen molar-refractivity contribution in [3.63, 3.8) is 0 Å². The Morgan fingerprint density at radius 2 is 1.63 bits per heavy atom. The lowest BCUT2D eigenvalue weighted by atomic mass is 9.87. The summed E-state index contributed by atoms with van der Waals surface area (Å²) in [5.74, 6) is 1.63. The summed E-state index contributed by atoms with van der Waals surface area (Å²) in [4.78, 5) is 15.5. The highest BCUT2D eigenvalue weighted by atomic mass is 32.2. The van der Waals surface area contributed by atoms with Gasteiger partial charge >= 0.3 is 6.03 Å². The van der Waals surface area contributed by atoms with E-state index in [4.69, 9.17) is 9.84 Å². The minimum Gasteiger partial charge on any atom is -0.490 e. The molecule has 10 nitrogen and oxygen atoms in total. The Kier molecular flexibility index (Phi) is 8.69. The third-order valence-electron chi connectivity index (χ3n) is 10.1. The second-order valence-electron chi connectivity index (χ2n) is 14.8. The van der Waals surface area contributed by atoms with Crippen LogP contribution in [0.1, 0.15) is 63.3 Å². The van der Waals surface area contributed by atoms with E-state index in [-0.39, 0.29) is 23.5 Å². The first-order chi connectivity index (χ1) is 23.3. The lowest BCUT2D eigenvalue weighted by molar-refractivity contribution is 0.190. The summed E-state index contributed by atoms with van der Waals surface area (Å²) >= 11 is 0. The second kappa shape index (κ2) is 12.8. The first-order valence-corrected chi connectivity index (χ1v) is 18.7. The van der Waals surface area contributed by atoms with Gasteiger partial charge < -0.3 is 15.0 Å². The van der Waals surface area contributed by atoms with Crippen molar-refractivity contribution in [3.05, 3.63) is 89.6 Å². The Balaban J connectivity index is 0.979. The van der Waals surface area contributed by atoms with E-state index in [1.807, 2.05) is 62.5 Å². The molecule has 11 heteroatoms. The first kappa shape index (κ1) is 33.2. The number of aromatic nitrogens is 2. The molecule has 1 aromatic heterocycles. The number of likely N-dealkylation sites (N-methyl/N-ethyl adjacent to an activating group) is 1. The van der Waals surface area contributed by atoms with E-state index in [9.17, 15) is 13.2 Å². The number of urea groups is 1. The molecule has 7 rings (SSSR count). The number of carbonyl (C=O) groups is 1. The number of piperidine rings is 1. The van der Waals surface area contributed by atoms with Gasteiger partial charge in [-0.1, -0.05) is 50.6 Å². The SMILES string of the molecule is Cc1ccc(-n2nc(C(C)(C)C)cc2NC(=O)Nc2ccc(CC3CC4CCC(C3)N4S(=O)(=O)c3ccc4c(c3)OCCN4C)cc2)cc1. The number of hydrogen-bond donors (Lipinski definition) is 2. The van der Waals surface area contributed by atoms with Crippen molar-refractivity contribution in [1.29, 1.82) is 0 Å². The second-order valence-corrected chi connectivity index (χ2v) is 16.7. The molecular formula is C38H46N6O4S. The molecule has 2 fully saturated rings. The molecule has 49 heavy (non-hydrogen) atoms. The van der Waals surface area contributed by atoms with Crippen LogP contribution >= 0.6 is 0 Å². The summed E-state index contributed by atoms with van der Waals surface area (Å²) in [6.45, 7) is 9.67. The normalized spacial score (nSPS) is 20.8. The fourth-order valence-electron chi connectivity index (χ4n) is 7.48. The molecule has 3 aromatic carbocycles. The van der Waals surface area contributed by atoms with Crippen molar-refractivity contribution in [2.45, 2.75) is 82.2 Å². The van der Waals surface area contributed by atoms with Gasteiger partial charge in [-0.25, -0.2) is 17.9 Å². The van der Waals surface area contributed by atoms with Crippen molar-refractivity contribution in [3.8, 4) is 11.4 Å². The number of benzene rings is 3. The highest BCUT2D eigenvalue weighted by Crippen LogP contribution is 2.44. The number of nitrogens with zero attached hydrogens (tertiary/aromatic N) is 4. The fourth-order valence-corrected chi connectivity index (χ4v) is 9.39. The zero-order valence-electron chi connectivity index (χ0n) is 28.9. The number of carbonyl (C=O) groups excluding carboxylic acids is 1. The summed E-state index contributed by atoms with van der Waals surface area (Å²) in [6, 6.07) is 22.9. The monoisotopic (exact) mass is 682 g/mol. The van der Waals surface area contributed by atoms with Gasteiger partial charge in [0.1, 0.15) is 18.2 Å². The maximum absolute atomic E-state index is 13.9. The van der Waals surface area contributed by atoms with Gasteiger partial charge in [-0.2, -0.15) is 9.40 Å². The maximum atomic E-state index is 13.9. The molecule has 3 aliphatic rings. The highest BCUT2D eigenvalue weighted by Gasteiger charge is 2.47. The maximum Gasteiger partial charge on any atom is 0.324 e. The van der Waals surface area contributed by atoms with Crippen LogP contribution in [0.3, 0.4) is 0 Å². The third kappa shape index (κ3) is 6.78. The molecule has 2 atom stereocenters. The van der Waals surface area contributed by atoms with Crippen LogP contribution in [0.15, 0.2) is 77.7 Å². The molecule has 2 amide bonds. The van der Waals surface area contributed by atoms with Gasteiger partial charge in [0.15, 0.2) is 0 Å². The average molecular weight is 683 g/mol. The molecule has 0 aliphatic carbocycles. The zero-order valence-corrected chi connectivity index (χ0v) is 29.8. The van der Waals surface area contributed by atoms with Gasteiger partial charge in [0, 0.05) is 42.4 Å². The highest BCUT2D eigenvalue weighted by molar-refractivity contribution is 7.89. The number of rotatable bonds is 7. The predicted octanol–water partition coefficient (Wildman–Crippen LogP) is 7.13. The van der Waals surface area contributed by atoms with Crippen molar-refractivity contribution >= 4 is 33.2 Å². The Morgan fingerprint density at radius 1 is 0.939 bits per heavy atom. The Labute approximate surface area is 289 Å². The molecular weight excluding hydrogens is 637 g/mol. The zero-order chi connectivity index (χ0) is 34.5. The van der Waals surface area contributed by atoms with E-state index in [0.29, 0.717) is 34.7 Å². The van der Waals surface area contributed by atoms with Crippen molar-refractivity contribution in [2.24, 2.45) is 5.92 Å². The average Bonchev–Trinajstić information content (AvgIpc) is 3.61. The van der Waals surface area contributed by atoms with E-state index in [1.165, 1.54) is 5.56 Å². The smallest absolute Gasteiger partial charge is 0.324 e. The quantitative estimate of drug-likeness (QED) is 0.215. The number of ether oxygens (including phenoxy) is 1.